The summed E-state index contributed by atoms with van der Waals surface area (Å²) in [5.74, 6) is 1.03. The second-order valence-corrected chi connectivity index (χ2v) is 10.3. The molecule has 1 unspecified atom stereocenters. The van der Waals surface area contributed by atoms with E-state index in [1.807, 2.05) is 48.5 Å². The van der Waals surface area contributed by atoms with Crippen molar-refractivity contribution in [1.29, 1.82) is 0 Å². The summed E-state index contributed by atoms with van der Waals surface area (Å²) < 4.78 is 23.6. The summed E-state index contributed by atoms with van der Waals surface area (Å²) in [4.78, 5) is 13.6. The van der Waals surface area contributed by atoms with E-state index in [1.165, 1.54) is 11.3 Å². The first-order chi connectivity index (χ1) is 20.1. The molecule has 7 heteroatoms. The lowest BCUT2D eigenvalue weighted by Gasteiger charge is -2.34. The Hall–Kier alpha value is -4.07. The van der Waals surface area contributed by atoms with Crippen molar-refractivity contribution in [3.8, 4) is 11.5 Å². The summed E-state index contributed by atoms with van der Waals surface area (Å²) in [7, 11) is 0. The number of carbonyl (C=O) groups excluding carboxylic acids is 1. The molecule has 41 heavy (non-hydrogen) atoms. The van der Waals surface area contributed by atoms with E-state index < -0.39 is 5.91 Å². The Morgan fingerprint density at radius 1 is 0.854 bits per heavy atom. The number of hydrogen-bond acceptors (Lipinski definition) is 6. The molecule has 0 spiro atoms. The molecule has 0 aromatic heterocycles. The number of benzene rings is 4. The highest BCUT2D eigenvalue weighted by Crippen LogP contribution is 2.28. The van der Waals surface area contributed by atoms with E-state index in [2.05, 4.69) is 47.4 Å². The maximum atomic E-state index is 11.2. The Morgan fingerprint density at radius 2 is 1.71 bits per heavy atom. The maximum absolute atomic E-state index is 11.2. The number of piperidine rings is 1. The Balaban J connectivity index is 1.07. The molecule has 7 nitrogen and oxygen atoms in total. The summed E-state index contributed by atoms with van der Waals surface area (Å²) in [6, 6.07) is 30.5. The zero-order chi connectivity index (χ0) is 28.3. The van der Waals surface area contributed by atoms with Crippen LogP contribution >= 0.6 is 0 Å². The summed E-state index contributed by atoms with van der Waals surface area (Å²) >= 11 is 0. The molecule has 1 fully saturated rings. The highest BCUT2D eigenvalue weighted by atomic mass is 16.5. The molecule has 214 valence electrons. The van der Waals surface area contributed by atoms with Crippen molar-refractivity contribution in [2.24, 2.45) is 5.73 Å². The molecule has 0 saturated carbocycles. The summed E-state index contributed by atoms with van der Waals surface area (Å²) in [6.07, 6.45) is 3.10. The third-order valence-electron chi connectivity index (χ3n) is 7.16. The minimum atomic E-state index is -0.495. The molecule has 4 aromatic carbocycles. The lowest BCUT2D eigenvalue weighted by molar-refractivity contribution is -0.119. The SMILES string of the molecule is NC(=O)COc1cccc2ccc(COC3CCCN(c4ccc(OCCCOCc5ccccc5)cc4)C3)cc12. The first kappa shape index (κ1) is 28.5. The van der Waals surface area contributed by atoms with Crippen LogP contribution in [-0.2, 0) is 27.5 Å². The molecule has 1 saturated heterocycles. The van der Waals surface area contributed by atoms with Crippen molar-refractivity contribution in [1.82, 2.24) is 0 Å². The molecular weight excluding hydrogens is 516 g/mol. The molecule has 0 aliphatic carbocycles. The minimum absolute atomic E-state index is 0.144. The summed E-state index contributed by atoms with van der Waals surface area (Å²) in [6.45, 7) is 4.16. The van der Waals surface area contributed by atoms with Crippen molar-refractivity contribution < 1.29 is 23.7 Å². The second kappa shape index (κ2) is 14.5. The molecule has 0 radical (unpaired) electrons. The van der Waals surface area contributed by atoms with E-state index in [0.717, 1.165) is 54.4 Å². The van der Waals surface area contributed by atoms with Crippen LogP contribution in [-0.4, -0.2) is 44.9 Å². The maximum Gasteiger partial charge on any atom is 0.255 e. The van der Waals surface area contributed by atoms with Gasteiger partial charge in [0, 0.05) is 30.6 Å². The summed E-state index contributed by atoms with van der Waals surface area (Å²) in [5.41, 5.74) is 8.69. The monoisotopic (exact) mass is 554 g/mol. The first-order valence-electron chi connectivity index (χ1n) is 14.3. The highest BCUT2D eigenvalue weighted by molar-refractivity contribution is 5.89. The molecule has 4 aromatic rings. The Labute approximate surface area is 241 Å². The molecular formula is C34H38N2O5. The van der Waals surface area contributed by atoms with Gasteiger partial charge in [0.05, 0.1) is 32.5 Å². The number of ether oxygens (including phenoxy) is 4. The van der Waals surface area contributed by atoms with Gasteiger partial charge in [0.15, 0.2) is 6.61 Å². The van der Waals surface area contributed by atoms with Gasteiger partial charge in [0.25, 0.3) is 5.91 Å². The normalized spacial score (nSPS) is 15.1. The highest BCUT2D eigenvalue weighted by Gasteiger charge is 2.21. The molecule has 1 aliphatic rings. The van der Waals surface area contributed by atoms with Gasteiger partial charge in [-0.15, -0.1) is 0 Å². The van der Waals surface area contributed by atoms with Crippen molar-refractivity contribution in [2.45, 2.75) is 38.6 Å². The Bertz CT molecular complexity index is 1390. The van der Waals surface area contributed by atoms with Gasteiger partial charge >= 0.3 is 0 Å². The van der Waals surface area contributed by atoms with E-state index in [-0.39, 0.29) is 12.7 Å². The van der Waals surface area contributed by atoms with Crippen molar-refractivity contribution in [3.63, 3.8) is 0 Å². The number of fused-ring (bicyclic) bond motifs is 1. The molecule has 1 amide bonds. The minimum Gasteiger partial charge on any atom is -0.494 e. The van der Waals surface area contributed by atoms with E-state index in [9.17, 15) is 4.79 Å². The van der Waals surface area contributed by atoms with Gasteiger partial charge in [-0.05, 0) is 65.8 Å². The summed E-state index contributed by atoms with van der Waals surface area (Å²) in [5, 5.41) is 1.99. The zero-order valence-corrected chi connectivity index (χ0v) is 23.4. The van der Waals surface area contributed by atoms with Gasteiger partial charge in [0.1, 0.15) is 11.5 Å². The van der Waals surface area contributed by atoms with E-state index >= 15 is 0 Å². The largest absolute Gasteiger partial charge is 0.494 e. The third kappa shape index (κ3) is 8.46. The smallest absolute Gasteiger partial charge is 0.255 e. The number of amides is 1. The van der Waals surface area contributed by atoms with Gasteiger partial charge in [-0.1, -0.05) is 54.6 Å². The van der Waals surface area contributed by atoms with Crippen molar-refractivity contribution >= 4 is 22.4 Å². The van der Waals surface area contributed by atoms with Crippen LogP contribution in [0.4, 0.5) is 5.69 Å². The van der Waals surface area contributed by atoms with Gasteiger partial charge in [-0.3, -0.25) is 4.79 Å². The fraction of sp³-hybridized carbons (Fsp3) is 0.324. The number of hydrogen-bond donors (Lipinski definition) is 1. The number of anilines is 1. The molecule has 0 bridgehead atoms. The quantitative estimate of drug-likeness (QED) is 0.196. The van der Waals surface area contributed by atoms with Crippen LogP contribution in [0.25, 0.3) is 10.8 Å². The van der Waals surface area contributed by atoms with Gasteiger partial charge in [0.2, 0.25) is 0 Å². The fourth-order valence-electron chi connectivity index (χ4n) is 5.05. The van der Waals surface area contributed by atoms with Crippen LogP contribution in [0.2, 0.25) is 0 Å². The number of carbonyl (C=O) groups is 1. The van der Waals surface area contributed by atoms with Gasteiger partial charge in [-0.25, -0.2) is 0 Å². The third-order valence-corrected chi connectivity index (χ3v) is 7.16. The van der Waals surface area contributed by atoms with E-state index in [1.54, 1.807) is 0 Å². The second-order valence-electron chi connectivity index (χ2n) is 10.3. The van der Waals surface area contributed by atoms with Crippen LogP contribution in [0.3, 0.4) is 0 Å². The molecule has 1 heterocycles. The number of nitrogens with zero attached hydrogens (tertiary/aromatic N) is 1. The van der Waals surface area contributed by atoms with Crippen LogP contribution < -0.4 is 20.1 Å². The van der Waals surface area contributed by atoms with Crippen LogP contribution in [0, 0.1) is 0 Å². The van der Waals surface area contributed by atoms with E-state index in [4.69, 9.17) is 24.7 Å². The van der Waals surface area contributed by atoms with Gasteiger partial charge in [-0.2, -0.15) is 0 Å². The number of primary amides is 1. The topological polar surface area (TPSA) is 83.3 Å². The average molecular weight is 555 g/mol. The molecule has 1 aliphatic heterocycles. The number of rotatable bonds is 14. The Kier molecular flexibility index (Phi) is 10.1. The standard InChI is InChI=1S/C34H38N2O5/c35-34(37)25-41-33-11-4-9-28-13-12-27(21-32(28)33)24-40-31-10-5-18-36(22-31)29-14-16-30(17-15-29)39-20-6-19-38-23-26-7-2-1-3-8-26/h1-4,7-9,11-17,21,31H,5-6,10,18-20,22-25H2,(H2,35,37). The first-order valence-corrected chi connectivity index (χ1v) is 14.3. The van der Waals surface area contributed by atoms with Crippen LogP contribution in [0.5, 0.6) is 11.5 Å². The molecule has 2 N–H and O–H groups in total. The predicted molar refractivity (Wildman–Crippen MR) is 161 cm³/mol. The molecule has 5 rings (SSSR count). The fourth-order valence-corrected chi connectivity index (χ4v) is 5.05. The predicted octanol–water partition coefficient (Wildman–Crippen LogP) is 5.88. The number of nitrogens with two attached hydrogens (primary N) is 1. The van der Waals surface area contributed by atoms with E-state index in [0.29, 0.717) is 32.2 Å². The average Bonchev–Trinajstić information content (AvgIpc) is 3.01. The lowest BCUT2D eigenvalue weighted by atomic mass is 10.1. The molecule has 1 atom stereocenters. The zero-order valence-electron chi connectivity index (χ0n) is 23.4. The Morgan fingerprint density at radius 3 is 2.54 bits per heavy atom. The van der Waals surface area contributed by atoms with Gasteiger partial charge < -0.3 is 29.6 Å². The van der Waals surface area contributed by atoms with Crippen molar-refractivity contribution in [3.05, 3.63) is 102 Å². The van der Waals surface area contributed by atoms with Crippen molar-refractivity contribution in [2.75, 3.05) is 37.8 Å². The van der Waals surface area contributed by atoms with Crippen LogP contribution in [0.15, 0.2) is 91.0 Å². The van der Waals surface area contributed by atoms with Crippen LogP contribution in [0.1, 0.15) is 30.4 Å². The lowest BCUT2D eigenvalue weighted by Crippen LogP contribution is -2.39.